The first kappa shape index (κ1) is 29.8. The highest BCUT2D eigenvalue weighted by Gasteiger charge is 2.31. The van der Waals surface area contributed by atoms with E-state index in [-0.39, 0.29) is 37.0 Å². The average molecular weight is 562 g/mol. The highest BCUT2D eigenvalue weighted by atomic mass is 16.5. The highest BCUT2D eigenvalue weighted by molar-refractivity contribution is 6.00. The number of aliphatic hydroxyl groups excluding tert-OH is 1. The molecule has 2 heterocycles. The van der Waals surface area contributed by atoms with Crippen LogP contribution < -0.4 is 20.1 Å². The van der Waals surface area contributed by atoms with Gasteiger partial charge in [-0.25, -0.2) is 4.79 Å². The molecule has 10 heteroatoms. The Morgan fingerprint density at radius 3 is 2.51 bits per heavy atom. The van der Waals surface area contributed by atoms with Gasteiger partial charge in [-0.15, -0.1) is 0 Å². The smallest absolute Gasteiger partial charge is 0.323 e. The fourth-order valence-electron chi connectivity index (χ4n) is 4.86. The third-order valence-corrected chi connectivity index (χ3v) is 7.22. The molecule has 1 aliphatic rings. The van der Waals surface area contributed by atoms with Gasteiger partial charge in [0.15, 0.2) is 0 Å². The minimum atomic E-state index is -0.412. The summed E-state index contributed by atoms with van der Waals surface area (Å²) in [6, 6.07) is 15.6. The zero-order chi connectivity index (χ0) is 29.4. The van der Waals surface area contributed by atoms with E-state index in [1.807, 2.05) is 26.1 Å². The van der Waals surface area contributed by atoms with Crippen LogP contribution in [0.25, 0.3) is 0 Å². The van der Waals surface area contributed by atoms with E-state index in [4.69, 9.17) is 9.47 Å². The molecule has 3 N–H and O–H groups in total. The van der Waals surface area contributed by atoms with Gasteiger partial charge in [0.2, 0.25) is 5.91 Å². The number of amides is 3. The molecule has 10 nitrogen and oxygen atoms in total. The maximum atomic E-state index is 13.5. The number of urea groups is 1. The number of hydrogen-bond donors (Lipinski definition) is 3. The summed E-state index contributed by atoms with van der Waals surface area (Å²) in [7, 11) is 3.62. The van der Waals surface area contributed by atoms with Gasteiger partial charge in [-0.05, 0) is 74.1 Å². The SMILES string of the molecule is COc1ccc(NC(=O)Nc2ccc3c(c2)CC(=O)N([C@@H](C)CO)C[C@H](C)[C@H](CN(C)Cc2ccncc2)O3)cc1. The van der Waals surface area contributed by atoms with Crippen LogP contribution in [0.4, 0.5) is 16.2 Å². The van der Waals surface area contributed by atoms with Gasteiger partial charge in [0.1, 0.15) is 17.6 Å². The second-order valence-electron chi connectivity index (χ2n) is 10.6. The van der Waals surface area contributed by atoms with E-state index in [0.717, 1.165) is 12.1 Å². The summed E-state index contributed by atoms with van der Waals surface area (Å²) in [5.74, 6) is 1.19. The number of fused-ring (bicyclic) bond motifs is 1. The Balaban J connectivity index is 1.54. The number of aliphatic hydroxyl groups is 1. The van der Waals surface area contributed by atoms with Gasteiger partial charge in [-0.1, -0.05) is 6.92 Å². The lowest BCUT2D eigenvalue weighted by Gasteiger charge is -2.34. The van der Waals surface area contributed by atoms with E-state index in [1.165, 1.54) is 0 Å². The zero-order valence-electron chi connectivity index (χ0n) is 24.0. The first-order valence-corrected chi connectivity index (χ1v) is 13.7. The summed E-state index contributed by atoms with van der Waals surface area (Å²) in [6.45, 7) is 5.59. The van der Waals surface area contributed by atoms with Crippen molar-refractivity contribution in [2.75, 3.05) is 44.5 Å². The van der Waals surface area contributed by atoms with Crippen molar-refractivity contribution in [3.05, 3.63) is 78.1 Å². The Labute approximate surface area is 241 Å². The molecule has 0 saturated heterocycles. The third kappa shape index (κ3) is 8.18. The van der Waals surface area contributed by atoms with Crippen LogP contribution in [-0.2, 0) is 17.8 Å². The second kappa shape index (κ2) is 14.0. The molecule has 0 spiro atoms. The predicted molar refractivity (Wildman–Crippen MR) is 158 cm³/mol. The Morgan fingerprint density at radius 1 is 1.15 bits per heavy atom. The van der Waals surface area contributed by atoms with Crippen molar-refractivity contribution < 1.29 is 24.2 Å². The van der Waals surface area contributed by atoms with Crippen LogP contribution in [0.2, 0.25) is 0 Å². The fraction of sp³-hybridized carbons (Fsp3) is 0.387. The van der Waals surface area contributed by atoms with E-state index < -0.39 is 6.03 Å². The molecule has 0 unspecified atom stereocenters. The van der Waals surface area contributed by atoms with E-state index >= 15 is 0 Å². The van der Waals surface area contributed by atoms with Crippen molar-refractivity contribution in [3.63, 3.8) is 0 Å². The standard InChI is InChI=1S/C31H39N5O5/c1-21-17-36(22(2)20-37)30(38)16-24-15-26(34-31(39)33-25-5-8-27(40-4)9-6-25)7-10-28(24)41-29(21)19-35(3)18-23-11-13-32-14-12-23/h5-15,21-22,29,37H,16-20H2,1-4H3,(H2,33,34,39)/t21-,22-,29-/m0/s1. The van der Waals surface area contributed by atoms with Gasteiger partial charge in [-0.2, -0.15) is 0 Å². The molecular formula is C31H39N5O5. The Hall–Kier alpha value is -4.15. The number of nitrogens with one attached hydrogen (secondary N) is 2. The van der Waals surface area contributed by atoms with E-state index in [9.17, 15) is 14.7 Å². The molecule has 3 aromatic rings. The lowest BCUT2D eigenvalue weighted by molar-refractivity contribution is -0.134. The lowest BCUT2D eigenvalue weighted by Crippen LogP contribution is -2.47. The monoisotopic (exact) mass is 561 g/mol. The van der Waals surface area contributed by atoms with Crippen LogP contribution in [0.15, 0.2) is 67.0 Å². The normalized spacial score (nSPS) is 17.9. The number of methoxy groups -OCH3 is 1. The Kier molecular flexibility index (Phi) is 10.2. The molecule has 218 valence electrons. The van der Waals surface area contributed by atoms with Crippen LogP contribution in [0.3, 0.4) is 0 Å². The minimum Gasteiger partial charge on any atom is -0.497 e. The molecule has 3 atom stereocenters. The van der Waals surface area contributed by atoms with Crippen molar-refractivity contribution in [3.8, 4) is 11.5 Å². The lowest BCUT2D eigenvalue weighted by atomic mass is 10.0. The van der Waals surface area contributed by atoms with E-state index in [0.29, 0.717) is 41.5 Å². The number of aromatic nitrogens is 1. The van der Waals surface area contributed by atoms with Gasteiger partial charge in [0.25, 0.3) is 0 Å². The van der Waals surface area contributed by atoms with Gasteiger partial charge >= 0.3 is 6.03 Å². The zero-order valence-corrected chi connectivity index (χ0v) is 24.0. The molecule has 2 aromatic carbocycles. The highest BCUT2D eigenvalue weighted by Crippen LogP contribution is 2.29. The quantitative estimate of drug-likeness (QED) is 0.361. The summed E-state index contributed by atoms with van der Waals surface area (Å²) >= 11 is 0. The number of pyridine rings is 1. The number of carbonyl (C=O) groups is 2. The molecule has 0 aliphatic carbocycles. The molecule has 0 saturated carbocycles. The van der Waals surface area contributed by atoms with E-state index in [1.54, 1.807) is 66.9 Å². The molecular weight excluding hydrogens is 522 g/mol. The Bertz CT molecular complexity index is 1300. The van der Waals surface area contributed by atoms with Crippen LogP contribution in [0.1, 0.15) is 25.0 Å². The molecule has 3 amide bonds. The number of benzene rings is 2. The summed E-state index contributed by atoms with van der Waals surface area (Å²) in [6.07, 6.45) is 3.42. The fourth-order valence-corrected chi connectivity index (χ4v) is 4.86. The van der Waals surface area contributed by atoms with Crippen molar-refractivity contribution in [1.29, 1.82) is 0 Å². The van der Waals surface area contributed by atoms with Gasteiger partial charge < -0.3 is 30.1 Å². The first-order valence-electron chi connectivity index (χ1n) is 13.7. The molecule has 0 radical (unpaired) electrons. The summed E-state index contributed by atoms with van der Waals surface area (Å²) in [5.41, 5.74) is 2.97. The number of carbonyl (C=O) groups excluding carboxylic acids is 2. The maximum absolute atomic E-state index is 13.5. The number of hydrogen-bond acceptors (Lipinski definition) is 7. The van der Waals surface area contributed by atoms with Crippen LogP contribution in [0.5, 0.6) is 11.5 Å². The number of ether oxygens (including phenoxy) is 2. The van der Waals surface area contributed by atoms with Crippen molar-refractivity contribution in [1.82, 2.24) is 14.8 Å². The average Bonchev–Trinajstić information content (AvgIpc) is 3.01. The number of likely N-dealkylation sites (N-methyl/N-ethyl adjacent to an activating group) is 1. The molecule has 0 bridgehead atoms. The second-order valence-corrected chi connectivity index (χ2v) is 10.6. The summed E-state index contributed by atoms with van der Waals surface area (Å²) in [5, 5.41) is 15.5. The van der Waals surface area contributed by atoms with Crippen molar-refractivity contribution in [2.45, 2.75) is 39.0 Å². The van der Waals surface area contributed by atoms with Crippen LogP contribution >= 0.6 is 0 Å². The molecule has 1 aromatic heterocycles. The maximum Gasteiger partial charge on any atom is 0.323 e. The topological polar surface area (TPSA) is 116 Å². The van der Waals surface area contributed by atoms with Crippen molar-refractivity contribution in [2.24, 2.45) is 5.92 Å². The predicted octanol–water partition coefficient (Wildman–Crippen LogP) is 4.02. The van der Waals surface area contributed by atoms with Gasteiger partial charge in [0.05, 0.1) is 26.2 Å². The molecule has 1 aliphatic heterocycles. The van der Waals surface area contributed by atoms with Gasteiger partial charge in [-0.3, -0.25) is 14.7 Å². The molecule has 0 fully saturated rings. The largest absolute Gasteiger partial charge is 0.497 e. The summed E-state index contributed by atoms with van der Waals surface area (Å²) < 4.78 is 11.8. The van der Waals surface area contributed by atoms with E-state index in [2.05, 4.69) is 27.4 Å². The molecule has 41 heavy (non-hydrogen) atoms. The van der Waals surface area contributed by atoms with Crippen molar-refractivity contribution >= 4 is 23.3 Å². The third-order valence-electron chi connectivity index (χ3n) is 7.22. The number of nitrogens with zero attached hydrogens (tertiary/aromatic N) is 3. The number of rotatable bonds is 9. The Morgan fingerprint density at radius 2 is 1.83 bits per heavy atom. The van der Waals surface area contributed by atoms with Crippen LogP contribution in [-0.4, -0.2) is 77.8 Å². The van der Waals surface area contributed by atoms with Crippen LogP contribution in [0, 0.1) is 5.92 Å². The first-order chi connectivity index (χ1) is 19.7. The summed E-state index contributed by atoms with van der Waals surface area (Å²) in [4.78, 5) is 34.2. The minimum absolute atomic E-state index is 0.00753. The number of anilines is 2. The molecule has 4 rings (SSSR count). The van der Waals surface area contributed by atoms with Gasteiger partial charge in [0, 0.05) is 54.9 Å².